The number of carbonyl (C=O) groups is 2. The van der Waals surface area contributed by atoms with Crippen molar-refractivity contribution in [1.82, 2.24) is 15.6 Å². The monoisotopic (exact) mass is 261 g/mol. The number of carboxylic acids is 1. The van der Waals surface area contributed by atoms with Gasteiger partial charge in [-0.15, -0.1) is 0 Å². The van der Waals surface area contributed by atoms with Gasteiger partial charge in [-0.25, -0.2) is 4.79 Å². The van der Waals surface area contributed by atoms with Crippen LogP contribution < -0.4 is 10.6 Å². The molecule has 1 aromatic rings. The van der Waals surface area contributed by atoms with Crippen LogP contribution in [-0.4, -0.2) is 28.1 Å². The van der Waals surface area contributed by atoms with Crippen LogP contribution in [0.3, 0.4) is 0 Å². The third-order valence-electron chi connectivity index (χ3n) is 2.87. The Bertz CT molecular complexity index is 487. The van der Waals surface area contributed by atoms with Crippen molar-refractivity contribution in [3.05, 3.63) is 42.2 Å². The van der Waals surface area contributed by atoms with Gasteiger partial charge in [-0.1, -0.05) is 18.2 Å². The molecule has 0 saturated carbocycles. The SMILES string of the molecule is O=C(NCc1ccccn1)NC1C=CC(C(=O)O)C1. The average Bonchev–Trinajstić information content (AvgIpc) is 2.86. The molecule has 1 aliphatic carbocycles. The van der Waals surface area contributed by atoms with Crippen LogP contribution in [0.15, 0.2) is 36.5 Å². The van der Waals surface area contributed by atoms with Gasteiger partial charge in [0.25, 0.3) is 0 Å². The lowest BCUT2D eigenvalue weighted by Crippen LogP contribution is -2.40. The smallest absolute Gasteiger partial charge is 0.315 e. The van der Waals surface area contributed by atoms with Crippen LogP contribution in [0, 0.1) is 5.92 Å². The number of hydrogen-bond donors (Lipinski definition) is 3. The molecule has 100 valence electrons. The fourth-order valence-electron chi connectivity index (χ4n) is 1.88. The average molecular weight is 261 g/mol. The minimum atomic E-state index is -0.866. The first-order chi connectivity index (χ1) is 9.15. The van der Waals surface area contributed by atoms with Crippen molar-refractivity contribution < 1.29 is 14.7 Å². The lowest BCUT2D eigenvalue weighted by atomic mass is 10.1. The Labute approximate surface area is 110 Å². The molecule has 2 unspecified atom stereocenters. The second kappa shape index (κ2) is 5.99. The minimum Gasteiger partial charge on any atom is -0.481 e. The van der Waals surface area contributed by atoms with Gasteiger partial charge in [0, 0.05) is 6.20 Å². The molecule has 0 fully saturated rings. The van der Waals surface area contributed by atoms with E-state index in [2.05, 4.69) is 15.6 Å². The quantitative estimate of drug-likeness (QED) is 0.702. The van der Waals surface area contributed by atoms with Crippen molar-refractivity contribution in [2.24, 2.45) is 5.92 Å². The molecule has 1 aromatic heterocycles. The Kier molecular flexibility index (Phi) is 4.12. The highest BCUT2D eigenvalue weighted by atomic mass is 16.4. The minimum absolute atomic E-state index is 0.232. The third-order valence-corrected chi connectivity index (χ3v) is 2.87. The van der Waals surface area contributed by atoms with Crippen LogP contribution >= 0.6 is 0 Å². The first-order valence-corrected chi connectivity index (χ1v) is 6.00. The van der Waals surface area contributed by atoms with Crippen LogP contribution in [0.25, 0.3) is 0 Å². The molecular formula is C13H15N3O3. The summed E-state index contributed by atoms with van der Waals surface area (Å²) in [5.74, 6) is -1.38. The second-order valence-corrected chi connectivity index (χ2v) is 4.32. The summed E-state index contributed by atoms with van der Waals surface area (Å²) in [6.45, 7) is 0.339. The van der Waals surface area contributed by atoms with Gasteiger partial charge in [0.1, 0.15) is 0 Å². The largest absolute Gasteiger partial charge is 0.481 e. The van der Waals surface area contributed by atoms with Gasteiger partial charge < -0.3 is 15.7 Å². The van der Waals surface area contributed by atoms with Crippen LogP contribution in [-0.2, 0) is 11.3 Å². The summed E-state index contributed by atoms with van der Waals surface area (Å²) >= 11 is 0. The normalized spacial score (nSPS) is 21.1. The number of carbonyl (C=O) groups excluding carboxylic acids is 1. The summed E-state index contributed by atoms with van der Waals surface area (Å²) in [6, 6.07) is 4.91. The van der Waals surface area contributed by atoms with E-state index in [9.17, 15) is 9.59 Å². The van der Waals surface area contributed by atoms with Crippen molar-refractivity contribution in [2.45, 2.75) is 19.0 Å². The summed E-state index contributed by atoms with van der Waals surface area (Å²) in [5, 5.41) is 14.2. The zero-order valence-corrected chi connectivity index (χ0v) is 10.2. The number of hydrogen-bond acceptors (Lipinski definition) is 3. The van der Waals surface area contributed by atoms with Gasteiger partial charge in [0.15, 0.2) is 0 Å². The van der Waals surface area contributed by atoms with E-state index in [1.165, 1.54) is 0 Å². The Morgan fingerprint density at radius 3 is 2.84 bits per heavy atom. The maximum Gasteiger partial charge on any atom is 0.315 e. The fraction of sp³-hybridized carbons (Fsp3) is 0.308. The molecular weight excluding hydrogens is 246 g/mol. The van der Waals surface area contributed by atoms with Crippen LogP contribution in [0.1, 0.15) is 12.1 Å². The predicted octanol–water partition coefficient (Wildman–Crippen LogP) is 0.910. The molecule has 2 amide bonds. The molecule has 19 heavy (non-hydrogen) atoms. The molecule has 0 spiro atoms. The fourth-order valence-corrected chi connectivity index (χ4v) is 1.88. The highest BCUT2D eigenvalue weighted by Gasteiger charge is 2.25. The van der Waals surface area contributed by atoms with Gasteiger partial charge in [-0.3, -0.25) is 9.78 Å². The number of pyridine rings is 1. The maximum absolute atomic E-state index is 11.6. The van der Waals surface area contributed by atoms with Crippen molar-refractivity contribution >= 4 is 12.0 Å². The number of rotatable bonds is 4. The van der Waals surface area contributed by atoms with E-state index in [4.69, 9.17) is 5.11 Å². The molecule has 2 atom stereocenters. The van der Waals surface area contributed by atoms with E-state index < -0.39 is 11.9 Å². The molecule has 2 rings (SSSR count). The highest BCUT2D eigenvalue weighted by molar-refractivity contribution is 5.76. The zero-order chi connectivity index (χ0) is 13.7. The summed E-state index contributed by atoms with van der Waals surface area (Å²) in [5.41, 5.74) is 0.767. The maximum atomic E-state index is 11.6. The van der Waals surface area contributed by atoms with Crippen LogP contribution in [0.2, 0.25) is 0 Å². The topological polar surface area (TPSA) is 91.3 Å². The summed E-state index contributed by atoms with van der Waals surface area (Å²) in [6.07, 6.45) is 5.36. The highest BCUT2D eigenvalue weighted by Crippen LogP contribution is 2.17. The Morgan fingerprint density at radius 2 is 2.21 bits per heavy atom. The van der Waals surface area contributed by atoms with E-state index in [-0.39, 0.29) is 12.1 Å². The van der Waals surface area contributed by atoms with E-state index in [0.29, 0.717) is 13.0 Å². The molecule has 6 heteroatoms. The number of urea groups is 1. The van der Waals surface area contributed by atoms with E-state index in [1.807, 2.05) is 12.1 Å². The van der Waals surface area contributed by atoms with E-state index in [1.54, 1.807) is 24.4 Å². The first-order valence-electron chi connectivity index (χ1n) is 6.00. The molecule has 0 aliphatic heterocycles. The second-order valence-electron chi connectivity index (χ2n) is 4.32. The van der Waals surface area contributed by atoms with Gasteiger partial charge in [0.05, 0.1) is 24.2 Å². The standard InChI is InChI=1S/C13H15N3O3/c17-12(18)9-4-5-10(7-9)16-13(19)15-8-11-3-1-2-6-14-11/h1-6,9-10H,7-8H2,(H,17,18)(H2,15,16,19). The lowest BCUT2D eigenvalue weighted by Gasteiger charge is -2.12. The molecule has 1 aliphatic rings. The molecule has 3 N–H and O–H groups in total. The molecule has 0 saturated heterocycles. The molecule has 0 radical (unpaired) electrons. The number of amides is 2. The Hall–Kier alpha value is -2.37. The summed E-state index contributed by atoms with van der Waals surface area (Å²) in [4.78, 5) is 26.5. The summed E-state index contributed by atoms with van der Waals surface area (Å²) in [7, 11) is 0. The molecule has 0 bridgehead atoms. The summed E-state index contributed by atoms with van der Waals surface area (Å²) < 4.78 is 0. The number of carboxylic acid groups (broad SMARTS) is 1. The van der Waals surface area contributed by atoms with Crippen molar-refractivity contribution in [1.29, 1.82) is 0 Å². The zero-order valence-electron chi connectivity index (χ0n) is 10.2. The Morgan fingerprint density at radius 1 is 1.37 bits per heavy atom. The van der Waals surface area contributed by atoms with E-state index in [0.717, 1.165) is 5.69 Å². The van der Waals surface area contributed by atoms with E-state index >= 15 is 0 Å². The Balaban J connectivity index is 1.74. The van der Waals surface area contributed by atoms with Crippen molar-refractivity contribution in [3.8, 4) is 0 Å². The van der Waals surface area contributed by atoms with Gasteiger partial charge in [-0.05, 0) is 18.6 Å². The molecule has 0 aromatic carbocycles. The van der Waals surface area contributed by atoms with Gasteiger partial charge in [0.2, 0.25) is 0 Å². The van der Waals surface area contributed by atoms with Crippen molar-refractivity contribution in [2.75, 3.05) is 0 Å². The van der Waals surface area contributed by atoms with Gasteiger partial charge in [-0.2, -0.15) is 0 Å². The number of nitrogens with one attached hydrogen (secondary N) is 2. The third kappa shape index (κ3) is 3.80. The number of nitrogens with zero attached hydrogens (tertiary/aromatic N) is 1. The number of aliphatic carboxylic acids is 1. The molecule has 6 nitrogen and oxygen atoms in total. The van der Waals surface area contributed by atoms with Crippen molar-refractivity contribution in [3.63, 3.8) is 0 Å². The van der Waals surface area contributed by atoms with Gasteiger partial charge >= 0.3 is 12.0 Å². The first kappa shape index (κ1) is 13.1. The van der Waals surface area contributed by atoms with Crippen LogP contribution in [0.4, 0.5) is 4.79 Å². The van der Waals surface area contributed by atoms with Crippen LogP contribution in [0.5, 0.6) is 0 Å². The number of aromatic nitrogens is 1. The lowest BCUT2D eigenvalue weighted by molar-refractivity contribution is -0.140. The predicted molar refractivity (Wildman–Crippen MR) is 68.3 cm³/mol. The molecule has 1 heterocycles.